The van der Waals surface area contributed by atoms with Crippen molar-refractivity contribution in [3.8, 4) is 5.75 Å². The van der Waals surface area contributed by atoms with Gasteiger partial charge >= 0.3 is 16.6 Å². The maximum Gasteiger partial charge on any atom is 0.425 e. The monoisotopic (exact) mass is 858 g/mol. The summed E-state index contributed by atoms with van der Waals surface area (Å²) in [4.78, 5) is 21.1. The Morgan fingerprint density at radius 3 is 1.46 bits per heavy atom. The molecule has 0 atom stereocenters. The van der Waals surface area contributed by atoms with Crippen molar-refractivity contribution in [3.63, 3.8) is 0 Å². The topological polar surface area (TPSA) is 268 Å². The first-order valence-corrected chi connectivity index (χ1v) is 19.8. The molecule has 18 nitrogen and oxygen atoms in total. The summed E-state index contributed by atoms with van der Waals surface area (Å²) in [5, 5.41) is 42.6. The van der Waals surface area contributed by atoms with Gasteiger partial charge in [-0.3, -0.25) is 9.35 Å². The minimum Gasteiger partial charge on any atom is -0.478 e. The number of benzene rings is 6. The highest BCUT2D eigenvalue weighted by atomic mass is 32.2. The lowest BCUT2D eigenvalue weighted by molar-refractivity contribution is -0.120. The van der Waals surface area contributed by atoms with Gasteiger partial charge in [-0.25, -0.2) is 4.79 Å². The van der Waals surface area contributed by atoms with Crippen LogP contribution in [0.2, 0.25) is 0 Å². The number of aryl methyl sites for hydroxylation is 1. The third kappa shape index (κ3) is 14.1. The van der Waals surface area contributed by atoms with E-state index >= 15 is 0 Å². The molecule has 20 heteroatoms. The maximum absolute atomic E-state index is 12.3. The van der Waals surface area contributed by atoms with Crippen LogP contribution in [0, 0.1) is 6.92 Å². The lowest BCUT2D eigenvalue weighted by atomic mass is 10.1. The van der Waals surface area contributed by atoms with Crippen LogP contribution in [0.3, 0.4) is 0 Å². The first-order valence-electron chi connectivity index (χ1n) is 17.3. The van der Waals surface area contributed by atoms with Crippen molar-refractivity contribution >= 4 is 90.8 Å². The zero-order chi connectivity index (χ0) is 43.8. The Balaban J connectivity index is 0.00000168. The average molecular weight is 859 g/mol. The van der Waals surface area contributed by atoms with Gasteiger partial charge in [0.15, 0.2) is 0 Å². The van der Waals surface area contributed by atoms with Crippen LogP contribution < -0.4 is 4.74 Å². The van der Waals surface area contributed by atoms with Gasteiger partial charge in [-0.05, 0) is 139 Å². The zero-order valence-electron chi connectivity index (χ0n) is 31.5. The molecule has 0 aromatic heterocycles. The molecule has 0 heterocycles. The van der Waals surface area contributed by atoms with Crippen molar-refractivity contribution in [1.82, 2.24) is 0 Å². The van der Waals surface area contributed by atoms with Gasteiger partial charge < -0.3 is 9.84 Å². The van der Waals surface area contributed by atoms with E-state index in [2.05, 4.69) is 40.9 Å². The molecule has 0 fully saturated rings. The molecule has 0 radical (unpaired) electrons. The number of carboxylic acids is 1. The molecule has 6 rings (SSSR count). The van der Waals surface area contributed by atoms with Crippen LogP contribution in [0.1, 0.15) is 27.0 Å². The van der Waals surface area contributed by atoms with Crippen molar-refractivity contribution in [2.45, 2.75) is 11.8 Å². The standard InChI is InChI=1S/C41H30N8O7S.O3S/c1-27-24-36(20-23-39(27)49-46-35-18-21-38(22-19-35)56-26-50)47-48-37-13-6-29(40(25-37)57(53,54)55)5-2-28-3-9-31(10-4-28)42-44-33-14-16-34(17-15-33)45-43-32-11-7-30(8-12-32)41(51)52;1-4(2)3/h2-26H,1H3,(H,51,52)(H,53,54,55);. The Morgan fingerprint density at radius 1 is 0.574 bits per heavy atom. The molecule has 0 amide bonds. The summed E-state index contributed by atoms with van der Waals surface area (Å²) in [6.07, 6.45) is 3.26. The fourth-order valence-electron chi connectivity index (χ4n) is 4.96. The van der Waals surface area contributed by atoms with Gasteiger partial charge in [0.1, 0.15) is 10.6 Å². The number of nitrogens with zero attached hydrogens (tertiary/aromatic N) is 8. The largest absolute Gasteiger partial charge is 0.478 e. The van der Waals surface area contributed by atoms with Gasteiger partial charge in [0, 0.05) is 0 Å². The highest BCUT2D eigenvalue weighted by Gasteiger charge is 2.15. The fourth-order valence-corrected chi connectivity index (χ4v) is 5.66. The van der Waals surface area contributed by atoms with Crippen LogP contribution in [-0.2, 0) is 25.5 Å². The van der Waals surface area contributed by atoms with Gasteiger partial charge in [0.05, 0.1) is 51.1 Å². The first kappa shape index (κ1) is 44.0. The van der Waals surface area contributed by atoms with E-state index in [0.717, 1.165) is 11.1 Å². The van der Waals surface area contributed by atoms with Crippen molar-refractivity contribution in [2.24, 2.45) is 40.9 Å². The summed E-state index contributed by atoms with van der Waals surface area (Å²) < 4.78 is 64.7. The van der Waals surface area contributed by atoms with E-state index in [1.807, 2.05) is 6.92 Å². The molecule has 306 valence electrons. The Bertz CT molecular complexity index is 2900. The third-order valence-electron chi connectivity index (χ3n) is 7.90. The molecule has 6 aromatic carbocycles. The molecule has 0 bridgehead atoms. The van der Waals surface area contributed by atoms with Crippen LogP contribution in [0.5, 0.6) is 5.75 Å². The van der Waals surface area contributed by atoms with Crippen LogP contribution in [0.15, 0.2) is 179 Å². The minimum atomic E-state index is -4.61. The number of aromatic carboxylic acids is 1. The summed E-state index contributed by atoms with van der Waals surface area (Å²) in [5.41, 5.74) is 6.05. The number of rotatable bonds is 14. The van der Waals surface area contributed by atoms with Crippen molar-refractivity contribution in [1.29, 1.82) is 0 Å². The maximum atomic E-state index is 12.3. The summed E-state index contributed by atoms with van der Waals surface area (Å²) in [7, 11) is -7.72. The number of ether oxygens (including phenoxy) is 1. The molecule has 6 aromatic rings. The van der Waals surface area contributed by atoms with Crippen LogP contribution in [-0.4, -0.2) is 43.1 Å². The number of azo groups is 4. The van der Waals surface area contributed by atoms with E-state index in [0.29, 0.717) is 52.0 Å². The molecule has 2 N–H and O–H groups in total. The number of carbonyl (C=O) groups excluding carboxylic acids is 1. The predicted octanol–water partition coefficient (Wildman–Crippen LogP) is 11.3. The van der Waals surface area contributed by atoms with Crippen LogP contribution in [0.25, 0.3) is 12.2 Å². The lowest BCUT2D eigenvalue weighted by Gasteiger charge is -2.05. The first-order chi connectivity index (χ1) is 29.2. The van der Waals surface area contributed by atoms with E-state index in [1.54, 1.807) is 121 Å². The van der Waals surface area contributed by atoms with Crippen LogP contribution in [0.4, 0.5) is 45.5 Å². The molecule has 0 saturated heterocycles. The number of carbonyl (C=O) groups is 2. The summed E-state index contributed by atoms with van der Waals surface area (Å²) in [5.74, 6) is -0.623. The van der Waals surface area contributed by atoms with E-state index < -0.39 is 26.7 Å². The van der Waals surface area contributed by atoms with Crippen LogP contribution >= 0.6 is 0 Å². The Hall–Kier alpha value is -8.07. The molecule has 0 unspecified atom stereocenters. The minimum absolute atomic E-state index is 0.166. The van der Waals surface area contributed by atoms with E-state index in [1.165, 1.54) is 24.3 Å². The van der Waals surface area contributed by atoms with E-state index in [4.69, 9.17) is 22.5 Å². The molecule has 61 heavy (non-hydrogen) atoms. The fraction of sp³-hybridized carbons (Fsp3) is 0.0244. The molecule has 0 spiro atoms. The number of carboxylic acid groups (broad SMARTS) is 1. The quantitative estimate of drug-likeness (QED) is 0.0452. The summed E-state index contributed by atoms with van der Waals surface area (Å²) >= 11 is 0. The van der Waals surface area contributed by atoms with Gasteiger partial charge in [0.25, 0.3) is 16.6 Å². The summed E-state index contributed by atoms with van der Waals surface area (Å²) in [6, 6.07) is 36.0. The number of hydrogen-bond acceptors (Lipinski definition) is 16. The predicted molar refractivity (Wildman–Crippen MR) is 222 cm³/mol. The van der Waals surface area contributed by atoms with Gasteiger partial charge in [-0.2, -0.15) is 49.3 Å². The molecular weight excluding hydrogens is 829 g/mol. The zero-order valence-corrected chi connectivity index (χ0v) is 33.1. The smallest absolute Gasteiger partial charge is 0.425 e. The molecular formula is C41H30N8O10S2. The van der Waals surface area contributed by atoms with Gasteiger partial charge in [-0.1, -0.05) is 30.4 Å². The van der Waals surface area contributed by atoms with E-state index in [-0.39, 0.29) is 21.7 Å². The normalized spacial score (nSPS) is 11.6. The third-order valence-corrected chi connectivity index (χ3v) is 8.81. The highest BCUT2D eigenvalue weighted by Crippen LogP contribution is 2.30. The second-order valence-electron chi connectivity index (χ2n) is 12.2. The second kappa shape index (κ2) is 21.1. The molecule has 0 aliphatic rings. The van der Waals surface area contributed by atoms with Crippen molar-refractivity contribution in [3.05, 3.63) is 156 Å². The second-order valence-corrected chi connectivity index (χ2v) is 14.0. The summed E-state index contributed by atoms with van der Waals surface area (Å²) in [6.45, 7) is 2.17. The van der Waals surface area contributed by atoms with Crippen molar-refractivity contribution < 1.29 is 45.0 Å². The SMILES string of the molecule is Cc1cc(N=Nc2ccc(C=Cc3ccc(N=Nc4ccc(N=Nc5ccc(C(=O)O)cc5)cc4)cc3)c(S(=O)(=O)O)c2)ccc1N=Nc1ccc(OC=O)cc1.O=S(=O)=O. The Morgan fingerprint density at radius 2 is 0.984 bits per heavy atom. The van der Waals surface area contributed by atoms with Crippen molar-refractivity contribution in [2.75, 3.05) is 0 Å². The lowest BCUT2D eigenvalue weighted by Crippen LogP contribution is -2.00. The average Bonchev–Trinajstić information content (AvgIpc) is 3.24. The molecule has 0 aliphatic heterocycles. The Labute approximate surface area is 348 Å². The number of hydrogen-bond donors (Lipinski definition) is 2. The molecule has 0 saturated carbocycles. The molecule has 0 aliphatic carbocycles. The van der Waals surface area contributed by atoms with E-state index in [9.17, 15) is 22.6 Å². The van der Waals surface area contributed by atoms with Gasteiger partial charge in [-0.15, -0.1) is 12.6 Å². The van der Waals surface area contributed by atoms with Gasteiger partial charge in [0.2, 0.25) is 0 Å². The Kier molecular flexibility index (Phi) is 15.2. The highest BCUT2D eigenvalue weighted by molar-refractivity contribution is 7.86.